The molecule has 1 aliphatic heterocycles. The summed E-state index contributed by atoms with van der Waals surface area (Å²) in [5.74, 6) is 0. The Morgan fingerprint density at radius 1 is 1.33 bits per heavy atom. The summed E-state index contributed by atoms with van der Waals surface area (Å²) in [5.41, 5.74) is 0. The average Bonchev–Trinajstić information content (AvgIpc) is 2.05. The Hall–Kier alpha value is -0.120. The number of nitrogens with zero attached hydrogens (tertiary/aromatic N) is 1. The van der Waals surface area contributed by atoms with Crippen LogP contribution < -0.4 is 0 Å². The molecule has 1 saturated heterocycles. The highest BCUT2D eigenvalue weighted by Gasteiger charge is 2.16. The average molecular weight is 173 g/mol. The minimum Gasteiger partial charge on any atom is -0.396 e. The Kier molecular flexibility index (Phi) is 4.58. The molecule has 1 fully saturated rings. The van der Waals surface area contributed by atoms with E-state index in [9.17, 15) is 5.11 Å². The van der Waals surface area contributed by atoms with Gasteiger partial charge in [-0.2, -0.15) is 0 Å². The van der Waals surface area contributed by atoms with Crippen molar-refractivity contribution in [3.05, 3.63) is 0 Å². The van der Waals surface area contributed by atoms with Gasteiger partial charge in [0.15, 0.2) is 0 Å². The van der Waals surface area contributed by atoms with Crippen LogP contribution >= 0.6 is 0 Å². The number of hydrogen-bond donors (Lipinski definition) is 2. The van der Waals surface area contributed by atoms with Gasteiger partial charge in [-0.15, -0.1) is 0 Å². The minimum atomic E-state index is -0.118. The van der Waals surface area contributed by atoms with Crippen molar-refractivity contribution in [2.24, 2.45) is 0 Å². The molecule has 0 unspecified atom stereocenters. The minimum absolute atomic E-state index is 0.118. The van der Waals surface area contributed by atoms with Crippen LogP contribution in [-0.2, 0) is 0 Å². The molecule has 3 nitrogen and oxygen atoms in total. The second-order valence-corrected chi connectivity index (χ2v) is 3.53. The Morgan fingerprint density at radius 3 is 2.83 bits per heavy atom. The molecule has 0 amide bonds. The van der Waals surface area contributed by atoms with Crippen molar-refractivity contribution < 1.29 is 10.2 Å². The zero-order chi connectivity index (χ0) is 8.81. The predicted octanol–water partition coefficient (Wildman–Crippen LogP) is 0.216. The SMILES string of the molecule is OCCCCN1CCC[C@H](O)C1. The maximum Gasteiger partial charge on any atom is 0.0667 e. The van der Waals surface area contributed by atoms with Crippen LogP contribution in [-0.4, -0.2) is 47.5 Å². The van der Waals surface area contributed by atoms with Gasteiger partial charge in [0.1, 0.15) is 0 Å². The number of rotatable bonds is 4. The smallest absolute Gasteiger partial charge is 0.0667 e. The topological polar surface area (TPSA) is 43.7 Å². The van der Waals surface area contributed by atoms with E-state index in [0.717, 1.165) is 45.3 Å². The van der Waals surface area contributed by atoms with E-state index in [-0.39, 0.29) is 12.7 Å². The van der Waals surface area contributed by atoms with Crippen LogP contribution in [0.3, 0.4) is 0 Å². The quantitative estimate of drug-likeness (QED) is 0.598. The first-order valence-electron chi connectivity index (χ1n) is 4.84. The third kappa shape index (κ3) is 3.52. The van der Waals surface area contributed by atoms with Crippen LogP contribution in [0.1, 0.15) is 25.7 Å². The molecule has 0 radical (unpaired) electrons. The molecular weight excluding hydrogens is 154 g/mol. The monoisotopic (exact) mass is 173 g/mol. The van der Waals surface area contributed by atoms with Crippen LogP contribution in [0.15, 0.2) is 0 Å². The van der Waals surface area contributed by atoms with E-state index in [1.807, 2.05) is 0 Å². The van der Waals surface area contributed by atoms with Crippen LogP contribution in [0.4, 0.5) is 0 Å². The maximum atomic E-state index is 9.35. The van der Waals surface area contributed by atoms with Crippen molar-refractivity contribution in [3.8, 4) is 0 Å². The second-order valence-electron chi connectivity index (χ2n) is 3.53. The molecule has 72 valence electrons. The maximum absolute atomic E-state index is 9.35. The summed E-state index contributed by atoms with van der Waals surface area (Å²) in [6, 6.07) is 0. The standard InChI is InChI=1S/C9H19NO2/c11-7-2-1-5-10-6-3-4-9(12)8-10/h9,11-12H,1-8H2/t9-/m0/s1. The fourth-order valence-electron chi connectivity index (χ4n) is 1.68. The summed E-state index contributed by atoms with van der Waals surface area (Å²) >= 11 is 0. The molecule has 1 heterocycles. The van der Waals surface area contributed by atoms with Crippen LogP contribution in [0.2, 0.25) is 0 Å². The Morgan fingerprint density at radius 2 is 2.17 bits per heavy atom. The van der Waals surface area contributed by atoms with Gasteiger partial charge in [0.2, 0.25) is 0 Å². The summed E-state index contributed by atoms with van der Waals surface area (Å²) in [6.45, 7) is 3.25. The summed E-state index contributed by atoms with van der Waals surface area (Å²) in [7, 11) is 0. The zero-order valence-corrected chi connectivity index (χ0v) is 7.58. The van der Waals surface area contributed by atoms with Gasteiger partial charge in [-0.3, -0.25) is 0 Å². The highest BCUT2D eigenvalue weighted by atomic mass is 16.3. The molecule has 0 aromatic carbocycles. The number of piperidine rings is 1. The summed E-state index contributed by atoms with van der Waals surface area (Å²) in [6.07, 6.45) is 3.87. The first-order chi connectivity index (χ1) is 5.83. The van der Waals surface area contributed by atoms with Crippen molar-refractivity contribution >= 4 is 0 Å². The zero-order valence-electron chi connectivity index (χ0n) is 7.58. The van der Waals surface area contributed by atoms with Crippen molar-refractivity contribution in [1.29, 1.82) is 0 Å². The molecule has 1 rings (SSSR count). The van der Waals surface area contributed by atoms with Crippen molar-refractivity contribution in [2.45, 2.75) is 31.8 Å². The normalized spacial score (nSPS) is 26.0. The lowest BCUT2D eigenvalue weighted by molar-refractivity contribution is 0.0691. The molecule has 0 aromatic rings. The lowest BCUT2D eigenvalue weighted by Crippen LogP contribution is -2.38. The third-order valence-electron chi connectivity index (χ3n) is 2.36. The lowest BCUT2D eigenvalue weighted by atomic mass is 10.1. The number of hydrogen-bond acceptors (Lipinski definition) is 3. The Balaban J connectivity index is 2.06. The van der Waals surface area contributed by atoms with E-state index >= 15 is 0 Å². The van der Waals surface area contributed by atoms with Crippen molar-refractivity contribution in [3.63, 3.8) is 0 Å². The molecule has 1 atom stereocenters. The van der Waals surface area contributed by atoms with E-state index in [2.05, 4.69) is 4.90 Å². The second kappa shape index (κ2) is 5.51. The Labute approximate surface area is 74.0 Å². The van der Waals surface area contributed by atoms with Gasteiger partial charge in [0.05, 0.1) is 6.10 Å². The van der Waals surface area contributed by atoms with E-state index in [0.29, 0.717) is 0 Å². The van der Waals surface area contributed by atoms with Gasteiger partial charge in [-0.25, -0.2) is 0 Å². The molecule has 3 heteroatoms. The molecule has 0 aliphatic carbocycles. The van der Waals surface area contributed by atoms with E-state index in [1.165, 1.54) is 0 Å². The van der Waals surface area contributed by atoms with Gasteiger partial charge in [0.25, 0.3) is 0 Å². The molecule has 0 saturated carbocycles. The first kappa shape index (κ1) is 9.96. The number of β-amino-alcohol motifs (C(OH)–C–C–N with tert-alkyl or cyclic N) is 1. The highest BCUT2D eigenvalue weighted by molar-refractivity contribution is 4.71. The summed E-state index contributed by atoms with van der Waals surface area (Å²) < 4.78 is 0. The Bertz CT molecular complexity index is 119. The van der Waals surface area contributed by atoms with Gasteiger partial charge in [-0.05, 0) is 38.8 Å². The van der Waals surface area contributed by atoms with E-state index < -0.39 is 0 Å². The van der Waals surface area contributed by atoms with Crippen LogP contribution in [0.5, 0.6) is 0 Å². The van der Waals surface area contributed by atoms with E-state index in [1.54, 1.807) is 0 Å². The molecule has 0 bridgehead atoms. The van der Waals surface area contributed by atoms with Gasteiger partial charge in [0, 0.05) is 13.2 Å². The molecule has 0 aromatic heterocycles. The number of aliphatic hydroxyl groups is 2. The van der Waals surface area contributed by atoms with Gasteiger partial charge < -0.3 is 15.1 Å². The lowest BCUT2D eigenvalue weighted by Gasteiger charge is -2.29. The fraction of sp³-hybridized carbons (Fsp3) is 1.00. The largest absolute Gasteiger partial charge is 0.396 e. The van der Waals surface area contributed by atoms with Gasteiger partial charge in [-0.1, -0.05) is 0 Å². The number of unbranched alkanes of at least 4 members (excludes halogenated alkanes) is 1. The van der Waals surface area contributed by atoms with Crippen LogP contribution in [0, 0.1) is 0 Å². The molecule has 2 N–H and O–H groups in total. The number of likely N-dealkylation sites (tertiary alicyclic amines) is 1. The van der Waals surface area contributed by atoms with E-state index in [4.69, 9.17) is 5.11 Å². The molecule has 1 aliphatic rings. The number of aliphatic hydroxyl groups excluding tert-OH is 2. The molecule has 0 spiro atoms. The highest BCUT2D eigenvalue weighted by Crippen LogP contribution is 2.10. The first-order valence-corrected chi connectivity index (χ1v) is 4.84. The summed E-state index contributed by atoms with van der Waals surface area (Å²) in [5, 5.41) is 17.9. The van der Waals surface area contributed by atoms with Crippen molar-refractivity contribution in [1.82, 2.24) is 4.90 Å². The van der Waals surface area contributed by atoms with Gasteiger partial charge >= 0.3 is 0 Å². The molecule has 12 heavy (non-hydrogen) atoms. The van der Waals surface area contributed by atoms with Crippen LogP contribution in [0.25, 0.3) is 0 Å². The third-order valence-corrected chi connectivity index (χ3v) is 2.36. The molecular formula is C9H19NO2. The predicted molar refractivity (Wildman–Crippen MR) is 48.0 cm³/mol. The van der Waals surface area contributed by atoms with Crippen molar-refractivity contribution in [2.75, 3.05) is 26.2 Å². The summed E-state index contributed by atoms with van der Waals surface area (Å²) in [4.78, 5) is 2.28. The fourth-order valence-corrected chi connectivity index (χ4v) is 1.68.